The van der Waals surface area contributed by atoms with Crippen molar-refractivity contribution in [2.75, 3.05) is 25.5 Å². The molecule has 2 atom stereocenters. The third-order valence-corrected chi connectivity index (χ3v) is 6.58. The molecule has 0 aliphatic carbocycles. The van der Waals surface area contributed by atoms with Crippen molar-refractivity contribution in [3.05, 3.63) is 53.5 Å². The second-order valence-corrected chi connectivity index (χ2v) is 8.31. The number of benzene rings is 2. The Morgan fingerprint density at radius 3 is 2.96 bits per heavy atom. The first-order valence-corrected chi connectivity index (χ1v) is 10.5. The Morgan fingerprint density at radius 1 is 1.29 bits per heavy atom. The summed E-state index contributed by atoms with van der Waals surface area (Å²) < 4.78 is 6.47. The van der Waals surface area contributed by atoms with Gasteiger partial charge in [-0.05, 0) is 50.6 Å². The van der Waals surface area contributed by atoms with E-state index in [1.165, 1.54) is 9.71 Å². The number of rotatable bonds is 5. The van der Waals surface area contributed by atoms with E-state index < -0.39 is 0 Å². The van der Waals surface area contributed by atoms with Crippen molar-refractivity contribution in [2.45, 2.75) is 31.7 Å². The van der Waals surface area contributed by atoms with Gasteiger partial charge in [-0.25, -0.2) is 4.98 Å². The number of piperidine rings is 1. The van der Waals surface area contributed by atoms with Crippen LogP contribution in [-0.2, 0) is 4.79 Å². The third kappa shape index (κ3) is 4.03. The molecule has 6 heteroatoms. The number of fused-ring (bicyclic) bond motifs is 1. The lowest BCUT2D eigenvalue weighted by Crippen LogP contribution is -2.46. The van der Waals surface area contributed by atoms with Crippen LogP contribution in [0.2, 0.25) is 0 Å². The van der Waals surface area contributed by atoms with Crippen LogP contribution in [0.25, 0.3) is 10.2 Å². The van der Waals surface area contributed by atoms with E-state index in [2.05, 4.69) is 28.4 Å². The fourth-order valence-electron chi connectivity index (χ4n) is 3.74. The Bertz CT molecular complexity index is 938. The molecule has 1 amide bonds. The van der Waals surface area contributed by atoms with Crippen molar-refractivity contribution >= 4 is 33.1 Å². The molecule has 0 unspecified atom stereocenters. The molecule has 28 heavy (non-hydrogen) atoms. The summed E-state index contributed by atoms with van der Waals surface area (Å²) in [6.45, 7) is 3.79. The summed E-state index contributed by atoms with van der Waals surface area (Å²) >= 11 is 1.78. The zero-order valence-corrected chi connectivity index (χ0v) is 17.0. The standard InChI is InChI=1S/C22H25N3O2S/c1-15(21(26)23-17-8-5-9-18(13-17)27-2)25-12-6-7-16(14-25)22-24-19-10-3-4-11-20(19)28-22/h3-5,8-11,13,15-16H,6-7,12,14H2,1-2H3,(H,23,26)/t15-,16-/m0/s1. The summed E-state index contributed by atoms with van der Waals surface area (Å²) in [6, 6.07) is 15.6. The maximum absolute atomic E-state index is 12.8. The summed E-state index contributed by atoms with van der Waals surface area (Å²) in [4.78, 5) is 19.9. The molecule has 1 fully saturated rings. The summed E-state index contributed by atoms with van der Waals surface area (Å²) in [5.41, 5.74) is 1.83. The molecule has 1 aliphatic rings. The van der Waals surface area contributed by atoms with Crippen LogP contribution >= 0.6 is 11.3 Å². The van der Waals surface area contributed by atoms with Gasteiger partial charge in [0.05, 0.1) is 28.4 Å². The number of methoxy groups -OCH3 is 1. The number of nitrogens with zero attached hydrogens (tertiary/aromatic N) is 2. The Balaban J connectivity index is 1.43. The maximum atomic E-state index is 12.8. The molecule has 146 valence electrons. The number of likely N-dealkylation sites (tertiary alicyclic amines) is 1. The first-order chi connectivity index (χ1) is 13.6. The highest BCUT2D eigenvalue weighted by Crippen LogP contribution is 2.33. The fourth-order valence-corrected chi connectivity index (χ4v) is 4.83. The van der Waals surface area contributed by atoms with Gasteiger partial charge in [0.25, 0.3) is 0 Å². The second kappa shape index (κ2) is 8.29. The molecule has 0 bridgehead atoms. The predicted octanol–water partition coefficient (Wildman–Crippen LogP) is 4.51. The molecule has 1 N–H and O–H groups in total. The number of hydrogen-bond acceptors (Lipinski definition) is 5. The highest BCUT2D eigenvalue weighted by Gasteiger charge is 2.29. The van der Waals surface area contributed by atoms with Gasteiger partial charge < -0.3 is 10.1 Å². The SMILES string of the molecule is COc1cccc(NC(=O)[C@H](C)N2CCC[C@H](c3nc4ccccc4s3)C2)c1. The number of nitrogens with one attached hydrogen (secondary N) is 1. The van der Waals surface area contributed by atoms with Gasteiger partial charge in [-0.1, -0.05) is 18.2 Å². The van der Waals surface area contributed by atoms with Gasteiger partial charge >= 0.3 is 0 Å². The average Bonchev–Trinajstić information content (AvgIpc) is 3.18. The monoisotopic (exact) mass is 395 g/mol. The molecule has 2 heterocycles. The highest BCUT2D eigenvalue weighted by molar-refractivity contribution is 7.18. The van der Waals surface area contributed by atoms with Gasteiger partial charge in [-0.3, -0.25) is 9.69 Å². The normalized spacial score (nSPS) is 18.7. The quantitative estimate of drug-likeness (QED) is 0.690. The minimum absolute atomic E-state index is 0.0122. The van der Waals surface area contributed by atoms with Crippen LogP contribution in [0.4, 0.5) is 5.69 Å². The fraction of sp³-hybridized carbons (Fsp3) is 0.364. The maximum Gasteiger partial charge on any atom is 0.241 e. The van der Waals surface area contributed by atoms with E-state index >= 15 is 0 Å². The molecular weight excluding hydrogens is 370 g/mol. The van der Waals surface area contributed by atoms with Crippen LogP contribution in [0, 0.1) is 0 Å². The van der Waals surface area contributed by atoms with Crippen molar-refractivity contribution in [1.29, 1.82) is 0 Å². The van der Waals surface area contributed by atoms with Gasteiger partial charge in [0, 0.05) is 24.2 Å². The van der Waals surface area contributed by atoms with E-state index in [0.717, 1.165) is 42.9 Å². The summed E-state index contributed by atoms with van der Waals surface area (Å²) in [5, 5.41) is 4.20. The smallest absolute Gasteiger partial charge is 0.241 e. The second-order valence-electron chi connectivity index (χ2n) is 7.25. The van der Waals surface area contributed by atoms with E-state index in [1.807, 2.05) is 37.3 Å². The Hall–Kier alpha value is -2.44. The molecule has 3 aromatic rings. The number of carbonyl (C=O) groups excluding carboxylic acids is 1. The van der Waals surface area contributed by atoms with Gasteiger partial charge in [0.2, 0.25) is 5.91 Å². The number of anilines is 1. The van der Waals surface area contributed by atoms with Crippen LogP contribution in [0.5, 0.6) is 5.75 Å². The largest absolute Gasteiger partial charge is 0.497 e. The minimum atomic E-state index is -0.191. The number of hydrogen-bond donors (Lipinski definition) is 1. The summed E-state index contributed by atoms with van der Waals surface area (Å²) in [7, 11) is 1.62. The van der Waals surface area contributed by atoms with Crippen LogP contribution in [0.1, 0.15) is 30.7 Å². The van der Waals surface area contributed by atoms with Gasteiger partial charge in [-0.2, -0.15) is 0 Å². The van der Waals surface area contributed by atoms with Gasteiger partial charge in [0.1, 0.15) is 5.75 Å². The number of para-hydroxylation sites is 1. The van der Waals surface area contributed by atoms with Crippen LogP contribution in [0.15, 0.2) is 48.5 Å². The number of thiazole rings is 1. The molecule has 5 nitrogen and oxygen atoms in total. The van der Waals surface area contributed by atoms with E-state index in [9.17, 15) is 4.79 Å². The number of carbonyl (C=O) groups is 1. The van der Waals surface area contributed by atoms with Crippen molar-refractivity contribution in [2.24, 2.45) is 0 Å². The van der Waals surface area contributed by atoms with E-state index in [4.69, 9.17) is 9.72 Å². The Morgan fingerprint density at radius 2 is 2.14 bits per heavy atom. The third-order valence-electron chi connectivity index (χ3n) is 5.38. The Kier molecular flexibility index (Phi) is 5.59. The van der Waals surface area contributed by atoms with E-state index in [1.54, 1.807) is 18.4 Å². The predicted molar refractivity (Wildman–Crippen MR) is 114 cm³/mol. The van der Waals surface area contributed by atoms with Crippen LogP contribution in [0.3, 0.4) is 0 Å². The number of aromatic nitrogens is 1. The average molecular weight is 396 g/mol. The Labute approximate surface area is 169 Å². The highest BCUT2D eigenvalue weighted by atomic mass is 32.1. The molecule has 0 radical (unpaired) electrons. The topological polar surface area (TPSA) is 54.5 Å². The van der Waals surface area contributed by atoms with Crippen LogP contribution < -0.4 is 10.1 Å². The van der Waals surface area contributed by atoms with E-state index in [0.29, 0.717) is 5.92 Å². The number of ether oxygens (including phenoxy) is 1. The first kappa shape index (κ1) is 18.9. The molecule has 4 rings (SSSR count). The van der Waals surface area contributed by atoms with E-state index in [-0.39, 0.29) is 11.9 Å². The lowest BCUT2D eigenvalue weighted by Gasteiger charge is -2.35. The van der Waals surface area contributed by atoms with Crippen molar-refractivity contribution in [3.63, 3.8) is 0 Å². The van der Waals surface area contributed by atoms with Crippen molar-refractivity contribution < 1.29 is 9.53 Å². The number of amides is 1. The molecular formula is C22H25N3O2S. The van der Waals surface area contributed by atoms with Gasteiger partial charge in [0.15, 0.2) is 0 Å². The minimum Gasteiger partial charge on any atom is -0.497 e. The molecule has 1 aromatic heterocycles. The van der Waals surface area contributed by atoms with Gasteiger partial charge in [-0.15, -0.1) is 11.3 Å². The lowest BCUT2D eigenvalue weighted by atomic mass is 9.97. The zero-order chi connectivity index (χ0) is 19.5. The molecule has 1 saturated heterocycles. The summed E-state index contributed by atoms with van der Waals surface area (Å²) in [5.74, 6) is 1.13. The van der Waals surface area contributed by atoms with Crippen molar-refractivity contribution in [1.82, 2.24) is 9.88 Å². The lowest BCUT2D eigenvalue weighted by molar-refractivity contribution is -0.121. The van der Waals surface area contributed by atoms with Crippen molar-refractivity contribution in [3.8, 4) is 5.75 Å². The zero-order valence-electron chi connectivity index (χ0n) is 16.2. The molecule has 0 saturated carbocycles. The molecule has 0 spiro atoms. The molecule has 2 aromatic carbocycles. The molecule has 1 aliphatic heterocycles. The first-order valence-electron chi connectivity index (χ1n) is 9.68. The van der Waals surface area contributed by atoms with Crippen LogP contribution in [-0.4, -0.2) is 42.0 Å². The summed E-state index contributed by atoms with van der Waals surface area (Å²) in [6.07, 6.45) is 2.21.